The molecule has 0 radical (unpaired) electrons. The Kier molecular flexibility index (Phi) is 4.93. The summed E-state index contributed by atoms with van der Waals surface area (Å²) in [6, 6.07) is 15.7. The second-order valence-corrected chi connectivity index (χ2v) is 6.50. The third-order valence-electron chi connectivity index (χ3n) is 4.70. The van der Waals surface area contributed by atoms with Gasteiger partial charge < -0.3 is 18.5 Å². The summed E-state index contributed by atoms with van der Waals surface area (Å²) < 4.78 is 17.0. The standard InChI is InChI=1S/C23H17NO6/c1-28-22(26)17-12-24(13-18(17)23(27)29-2)15-7-5-6-14(10-15)21-11-19(25)16-8-3-4-9-20(16)30-21/h3-13H,1-2H3. The highest BCUT2D eigenvalue weighted by Gasteiger charge is 2.22. The summed E-state index contributed by atoms with van der Waals surface area (Å²) in [5.74, 6) is -0.884. The number of aromatic nitrogens is 1. The molecule has 0 N–H and O–H groups in total. The first kappa shape index (κ1) is 19.2. The number of para-hydroxylation sites is 1. The van der Waals surface area contributed by atoms with Crippen LogP contribution in [0.4, 0.5) is 0 Å². The highest BCUT2D eigenvalue weighted by atomic mass is 16.5. The minimum atomic E-state index is -0.647. The quantitative estimate of drug-likeness (QED) is 0.482. The molecule has 30 heavy (non-hydrogen) atoms. The maximum absolute atomic E-state index is 12.4. The zero-order valence-corrected chi connectivity index (χ0v) is 16.2. The molecule has 0 amide bonds. The molecule has 2 aromatic heterocycles. The van der Waals surface area contributed by atoms with Crippen LogP contribution in [0.25, 0.3) is 28.0 Å². The van der Waals surface area contributed by atoms with E-state index in [4.69, 9.17) is 13.9 Å². The minimum absolute atomic E-state index is 0.0898. The maximum Gasteiger partial charge on any atom is 0.340 e. The molecule has 7 nitrogen and oxygen atoms in total. The van der Waals surface area contributed by atoms with Crippen molar-refractivity contribution >= 4 is 22.9 Å². The van der Waals surface area contributed by atoms with E-state index in [0.717, 1.165) is 0 Å². The smallest absolute Gasteiger partial charge is 0.340 e. The lowest BCUT2D eigenvalue weighted by molar-refractivity contribution is 0.0556. The van der Waals surface area contributed by atoms with Gasteiger partial charge in [0.25, 0.3) is 0 Å². The van der Waals surface area contributed by atoms with Gasteiger partial charge in [-0.25, -0.2) is 9.59 Å². The van der Waals surface area contributed by atoms with Gasteiger partial charge in [-0.05, 0) is 24.3 Å². The van der Waals surface area contributed by atoms with Crippen molar-refractivity contribution in [2.45, 2.75) is 0 Å². The average molecular weight is 403 g/mol. The number of ether oxygens (including phenoxy) is 2. The SMILES string of the molecule is COC(=O)c1cn(-c2cccc(-c3cc(=O)c4ccccc4o3)c2)cc1C(=O)OC. The van der Waals surface area contributed by atoms with Gasteiger partial charge in [0.1, 0.15) is 11.3 Å². The number of hydrogen-bond acceptors (Lipinski definition) is 6. The molecule has 0 atom stereocenters. The van der Waals surface area contributed by atoms with Crippen LogP contribution in [0.15, 0.2) is 76.2 Å². The molecule has 4 aromatic rings. The van der Waals surface area contributed by atoms with Crippen LogP contribution in [-0.4, -0.2) is 30.7 Å². The van der Waals surface area contributed by atoms with E-state index < -0.39 is 11.9 Å². The van der Waals surface area contributed by atoms with E-state index in [9.17, 15) is 14.4 Å². The number of esters is 2. The highest BCUT2D eigenvalue weighted by Crippen LogP contribution is 2.25. The van der Waals surface area contributed by atoms with Gasteiger partial charge in [0.05, 0.1) is 30.7 Å². The normalized spacial score (nSPS) is 10.7. The summed E-state index contributed by atoms with van der Waals surface area (Å²) >= 11 is 0. The van der Waals surface area contributed by atoms with Crippen molar-refractivity contribution in [2.24, 2.45) is 0 Å². The summed E-state index contributed by atoms with van der Waals surface area (Å²) in [5.41, 5.74) is 1.86. The molecule has 2 heterocycles. The molecule has 0 aliphatic rings. The lowest BCUT2D eigenvalue weighted by Crippen LogP contribution is -2.08. The first-order valence-corrected chi connectivity index (χ1v) is 9.04. The van der Waals surface area contributed by atoms with Gasteiger partial charge in [-0.3, -0.25) is 4.79 Å². The summed E-state index contributed by atoms with van der Waals surface area (Å²) in [6.45, 7) is 0. The molecule has 0 aliphatic carbocycles. The van der Waals surface area contributed by atoms with Crippen molar-refractivity contribution in [3.63, 3.8) is 0 Å². The second-order valence-electron chi connectivity index (χ2n) is 6.50. The van der Waals surface area contributed by atoms with Crippen molar-refractivity contribution in [1.82, 2.24) is 4.57 Å². The van der Waals surface area contributed by atoms with Crippen LogP contribution in [0.1, 0.15) is 20.7 Å². The molecule has 0 saturated carbocycles. The van der Waals surface area contributed by atoms with Crippen molar-refractivity contribution in [2.75, 3.05) is 14.2 Å². The second kappa shape index (κ2) is 7.71. The number of hydrogen-bond donors (Lipinski definition) is 0. The lowest BCUT2D eigenvalue weighted by Gasteiger charge is -2.07. The molecule has 0 spiro atoms. The van der Waals surface area contributed by atoms with Crippen LogP contribution in [0.2, 0.25) is 0 Å². The first-order chi connectivity index (χ1) is 14.5. The fraction of sp³-hybridized carbons (Fsp3) is 0.0870. The van der Waals surface area contributed by atoms with Crippen LogP contribution < -0.4 is 5.43 Å². The Balaban J connectivity index is 1.81. The summed E-state index contributed by atoms with van der Waals surface area (Å²) in [5, 5.41) is 0.508. The van der Waals surface area contributed by atoms with Crippen LogP contribution in [0.3, 0.4) is 0 Å². The topological polar surface area (TPSA) is 87.7 Å². The third-order valence-corrected chi connectivity index (χ3v) is 4.70. The molecule has 2 aromatic carbocycles. The molecular weight excluding hydrogens is 386 g/mol. The summed E-state index contributed by atoms with van der Waals surface area (Å²) in [7, 11) is 2.48. The number of methoxy groups -OCH3 is 2. The number of nitrogens with zero attached hydrogens (tertiary/aromatic N) is 1. The van der Waals surface area contributed by atoms with Crippen LogP contribution in [-0.2, 0) is 9.47 Å². The van der Waals surface area contributed by atoms with Gasteiger partial charge in [0, 0.05) is 29.7 Å². The van der Waals surface area contributed by atoms with Crippen LogP contribution in [0, 0.1) is 0 Å². The molecule has 150 valence electrons. The van der Waals surface area contributed by atoms with E-state index in [0.29, 0.717) is 28.0 Å². The molecule has 7 heteroatoms. The Morgan fingerprint density at radius 2 is 1.53 bits per heavy atom. The monoisotopic (exact) mass is 403 g/mol. The van der Waals surface area contributed by atoms with Crippen LogP contribution >= 0.6 is 0 Å². The summed E-state index contributed by atoms with van der Waals surface area (Å²) in [6.07, 6.45) is 2.99. The van der Waals surface area contributed by atoms with Gasteiger partial charge in [-0.1, -0.05) is 24.3 Å². The Morgan fingerprint density at radius 1 is 0.867 bits per heavy atom. The van der Waals surface area contributed by atoms with E-state index in [-0.39, 0.29) is 16.6 Å². The van der Waals surface area contributed by atoms with Crippen molar-refractivity contribution in [1.29, 1.82) is 0 Å². The van der Waals surface area contributed by atoms with Crippen molar-refractivity contribution < 1.29 is 23.5 Å². The summed E-state index contributed by atoms with van der Waals surface area (Å²) in [4.78, 5) is 36.5. The zero-order chi connectivity index (χ0) is 21.3. The molecule has 0 bridgehead atoms. The number of rotatable bonds is 4. The Labute approximate surface area is 171 Å². The zero-order valence-electron chi connectivity index (χ0n) is 16.2. The van der Waals surface area contributed by atoms with Gasteiger partial charge in [0.15, 0.2) is 5.43 Å². The van der Waals surface area contributed by atoms with E-state index in [1.54, 1.807) is 47.0 Å². The fourth-order valence-electron chi connectivity index (χ4n) is 3.21. The number of carbonyl (C=O) groups excluding carboxylic acids is 2. The largest absolute Gasteiger partial charge is 0.465 e. The van der Waals surface area contributed by atoms with E-state index >= 15 is 0 Å². The Morgan fingerprint density at radius 3 is 2.20 bits per heavy atom. The van der Waals surface area contributed by atoms with Gasteiger partial charge in [0.2, 0.25) is 0 Å². The van der Waals surface area contributed by atoms with Gasteiger partial charge >= 0.3 is 11.9 Å². The molecular formula is C23H17NO6. The number of fused-ring (bicyclic) bond motifs is 1. The molecule has 0 aliphatic heterocycles. The van der Waals surface area contributed by atoms with E-state index in [1.165, 1.54) is 32.7 Å². The molecule has 0 fully saturated rings. The first-order valence-electron chi connectivity index (χ1n) is 9.04. The van der Waals surface area contributed by atoms with Gasteiger partial charge in [-0.2, -0.15) is 0 Å². The predicted octanol–water partition coefficient (Wildman–Crippen LogP) is 3.82. The van der Waals surface area contributed by atoms with Crippen LogP contribution in [0.5, 0.6) is 0 Å². The third kappa shape index (κ3) is 3.37. The lowest BCUT2D eigenvalue weighted by atomic mass is 10.1. The molecule has 0 saturated heterocycles. The molecule has 0 unspecified atom stereocenters. The average Bonchev–Trinajstić information content (AvgIpc) is 3.23. The fourth-order valence-corrected chi connectivity index (χ4v) is 3.21. The number of benzene rings is 2. The Bertz CT molecular complexity index is 1300. The van der Waals surface area contributed by atoms with Crippen molar-refractivity contribution in [3.8, 4) is 17.0 Å². The highest BCUT2D eigenvalue weighted by molar-refractivity contribution is 6.03. The Hall–Kier alpha value is -4.13. The van der Waals surface area contributed by atoms with E-state index in [1.807, 2.05) is 6.07 Å². The predicted molar refractivity (Wildman–Crippen MR) is 110 cm³/mol. The minimum Gasteiger partial charge on any atom is -0.465 e. The van der Waals surface area contributed by atoms with E-state index in [2.05, 4.69) is 0 Å². The molecule has 4 rings (SSSR count). The van der Waals surface area contributed by atoms with Gasteiger partial charge in [-0.15, -0.1) is 0 Å². The number of carbonyl (C=O) groups is 2. The maximum atomic E-state index is 12.4. The van der Waals surface area contributed by atoms with Crippen molar-refractivity contribution in [3.05, 3.63) is 88.3 Å².